The first-order valence-corrected chi connectivity index (χ1v) is 4.59. The number of aryl methyl sites for hydroxylation is 1. The van der Waals surface area contributed by atoms with Gasteiger partial charge in [-0.25, -0.2) is 14.6 Å². The molecule has 0 bridgehead atoms. The van der Waals surface area contributed by atoms with Crippen LogP contribution < -0.4 is 0 Å². The van der Waals surface area contributed by atoms with E-state index >= 15 is 0 Å². The molecule has 0 saturated heterocycles. The molecular weight excluding hydrogens is 202 g/mol. The molecule has 2 aromatic rings. The largest absolute Gasteiger partial charge is 0.239 e. The number of hydrogen-bond donors (Lipinski definition) is 0. The van der Waals surface area contributed by atoms with Gasteiger partial charge in [-0.05, 0) is 6.92 Å². The monoisotopic (exact) mass is 209 g/mol. The van der Waals surface area contributed by atoms with E-state index in [1.165, 1.54) is 0 Å². The minimum absolute atomic E-state index is 0.354. The van der Waals surface area contributed by atoms with Gasteiger partial charge in [0.25, 0.3) is 0 Å². The van der Waals surface area contributed by atoms with E-state index in [1.54, 1.807) is 23.3 Å². The Morgan fingerprint density at radius 1 is 1.36 bits per heavy atom. The fourth-order valence-electron chi connectivity index (χ4n) is 0.990. The quantitative estimate of drug-likeness (QED) is 0.696. The van der Waals surface area contributed by atoms with Crippen molar-refractivity contribution in [1.82, 2.24) is 25.0 Å². The second kappa shape index (κ2) is 3.71. The lowest BCUT2D eigenvalue weighted by molar-refractivity contribution is 0.788. The average molecular weight is 210 g/mol. The van der Waals surface area contributed by atoms with Crippen LogP contribution in [0.1, 0.15) is 11.5 Å². The van der Waals surface area contributed by atoms with Crippen LogP contribution in [0.25, 0.3) is 5.69 Å². The van der Waals surface area contributed by atoms with Gasteiger partial charge in [0.1, 0.15) is 11.5 Å². The van der Waals surface area contributed by atoms with Crippen LogP contribution in [-0.4, -0.2) is 25.0 Å². The Morgan fingerprint density at radius 3 is 2.64 bits per heavy atom. The van der Waals surface area contributed by atoms with Gasteiger partial charge in [-0.1, -0.05) is 5.21 Å². The zero-order valence-corrected chi connectivity index (χ0v) is 8.31. The number of halogens is 1. The van der Waals surface area contributed by atoms with Crippen LogP contribution in [0.2, 0.25) is 0 Å². The summed E-state index contributed by atoms with van der Waals surface area (Å²) in [4.78, 5) is 8.12. The van der Waals surface area contributed by atoms with Crippen LogP contribution in [0.15, 0.2) is 18.6 Å². The predicted molar refractivity (Wildman–Crippen MR) is 51.2 cm³/mol. The Bertz CT molecular complexity index is 422. The molecule has 0 saturated carbocycles. The van der Waals surface area contributed by atoms with E-state index in [4.69, 9.17) is 11.6 Å². The minimum Gasteiger partial charge on any atom is -0.239 e. The summed E-state index contributed by atoms with van der Waals surface area (Å²) in [5.74, 6) is 1.08. The van der Waals surface area contributed by atoms with Crippen molar-refractivity contribution in [1.29, 1.82) is 0 Å². The molecule has 0 aromatic carbocycles. The third-order valence-electron chi connectivity index (χ3n) is 1.71. The van der Waals surface area contributed by atoms with Crippen molar-refractivity contribution in [2.24, 2.45) is 0 Å². The van der Waals surface area contributed by atoms with Crippen molar-refractivity contribution in [3.63, 3.8) is 0 Å². The van der Waals surface area contributed by atoms with Gasteiger partial charge in [-0.2, -0.15) is 0 Å². The molecule has 2 aromatic heterocycles. The number of hydrogen-bond acceptors (Lipinski definition) is 4. The molecular formula is C8H8ClN5. The third-order valence-corrected chi connectivity index (χ3v) is 1.98. The van der Waals surface area contributed by atoms with Crippen LogP contribution in [0.5, 0.6) is 0 Å². The van der Waals surface area contributed by atoms with Crippen LogP contribution >= 0.6 is 11.6 Å². The van der Waals surface area contributed by atoms with E-state index < -0.39 is 0 Å². The molecule has 5 nitrogen and oxygen atoms in total. The van der Waals surface area contributed by atoms with E-state index in [0.717, 1.165) is 17.2 Å². The molecule has 0 unspecified atom stereocenters. The molecule has 0 aliphatic carbocycles. The van der Waals surface area contributed by atoms with Crippen molar-refractivity contribution >= 4 is 11.6 Å². The number of alkyl halides is 1. The second-order valence-electron chi connectivity index (χ2n) is 2.78. The standard InChI is InChI=1S/C8H8ClN5/c1-6-10-3-8(4-11-6)14-5-7(2-9)12-13-14/h3-5H,2H2,1H3. The first kappa shape index (κ1) is 9.08. The first-order valence-electron chi connectivity index (χ1n) is 4.06. The van der Waals surface area contributed by atoms with Gasteiger partial charge in [0.05, 0.1) is 30.2 Å². The first-order chi connectivity index (χ1) is 6.79. The Morgan fingerprint density at radius 2 is 2.07 bits per heavy atom. The lowest BCUT2D eigenvalue weighted by Gasteiger charge is -1.97. The smallest absolute Gasteiger partial charge is 0.125 e. The van der Waals surface area contributed by atoms with Crippen LogP contribution in [0, 0.1) is 6.92 Å². The van der Waals surface area contributed by atoms with Crippen molar-refractivity contribution < 1.29 is 0 Å². The minimum atomic E-state index is 0.354. The molecule has 0 atom stereocenters. The average Bonchev–Trinajstić information content (AvgIpc) is 2.67. The topological polar surface area (TPSA) is 56.5 Å². The number of rotatable bonds is 2. The summed E-state index contributed by atoms with van der Waals surface area (Å²) < 4.78 is 1.59. The molecule has 0 aliphatic rings. The summed E-state index contributed by atoms with van der Waals surface area (Å²) in [5, 5.41) is 7.75. The summed E-state index contributed by atoms with van der Waals surface area (Å²) in [5.41, 5.74) is 1.51. The molecule has 14 heavy (non-hydrogen) atoms. The molecule has 6 heteroatoms. The highest BCUT2D eigenvalue weighted by molar-refractivity contribution is 6.16. The van der Waals surface area contributed by atoms with E-state index in [2.05, 4.69) is 20.3 Å². The third kappa shape index (κ3) is 1.72. The molecule has 0 radical (unpaired) electrons. The second-order valence-corrected chi connectivity index (χ2v) is 3.04. The summed E-state index contributed by atoms with van der Waals surface area (Å²) in [6, 6.07) is 0. The van der Waals surface area contributed by atoms with Gasteiger partial charge in [-0.15, -0.1) is 16.7 Å². The van der Waals surface area contributed by atoms with Crippen molar-refractivity contribution in [3.8, 4) is 5.69 Å². The highest BCUT2D eigenvalue weighted by Crippen LogP contribution is 2.04. The maximum atomic E-state index is 5.61. The van der Waals surface area contributed by atoms with Crippen molar-refractivity contribution in [2.75, 3.05) is 0 Å². The summed E-state index contributed by atoms with van der Waals surface area (Å²) in [6.07, 6.45) is 5.13. The Labute approximate surface area is 85.8 Å². The Hall–Kier alpha value is -1.49. The van der Waals surface area contributed by atoms with E-state index in [-0.39, 0.29) is 0 Å². The maximum Gasteiger partial charge on any atom is 0.125 e. The van der Waals surface area contributed by atoms with Gasteiger partial charge < -0.3 is 0 Å². The van der Waals surface area contributed by atoms with Crippen LogP contribution in [0.4, 0.5) is 0 Å². The van der Waals surface area contributed by atoms with Gasteiger partial charge in [0.2, 0.25) is 0 Å². The molecule has 0 N–H and O–H groups in total. The van der Waals surface area contributed by atoms with E-state index in [9.17, 15) is 0 Å². The van der Waals surface area contributed by atoms with E-state index in [0.29, 0.717) is 5.88 Å². The predicted octanol–water partition coefficient (Wildman–Crippen LogP) is 1.10. The van der Waals surface area contributed by atoms with Gasteiger partial charge in [0.15, 0.2) is 0 Å². The lowest BCUT2D eigenvalue weighted by atomic mass is 10.5. The SMILES string of the molecule is Cc1ncc(-n2cc(CCl)nn2)cn1. The van der Waals surface area contributed by atoms with E-state index in [1.807, 2.05) is 6.92 Å². The number of aromatic nitrogens is 5. The fourth-order valence-corrected chi connectivity index (χ4v) is 1.11. The maximum absolute atomic E-state index is 5.61. The van der Waals surface area contributed by atoms with Crippen molar-refractivity contribution in [3.05, 3.63) is 30.1 Å². The summed E-state index contributed by atoms with van der Waals surface area (Å²) >= 11 is 5.61. The van der Waals surface area contributed by atoms with Crippen LogP contribution in [0.3, 0.4) is 0 Å². The normalized spacial score (nSPS) is 10.4. The van der Waals surface area contributed by atoms with Gasteiger partial charge >= 0.3 is 0 Å². The Kier molecular flexibility index (Phi) is 2.41. The fraction of sp³-hybridized carbons (Fsp3) is 0.250. The van der Waals surface area contributed by atoms with Crippen LogP contribution in [-0.2, 0) is 5.88 Å². The highest BCUT2D eigenvalue weighted by Gasteiger charge is 2.01. The molecule has 0 spiro atoms. The number of nitrogens with zero attached hydrogens (tertiary/aromatic N) is 5. The molecule has 0 amide bonds. The molecule has 2 rings (SSSR count). The molecule has 0 fully saturated rings. The summed E-state index contributed by atoms with van der Waals surface area (Å²) in [6.45, 7) is 1.83. The molecule has 0 aliphatic heterocycles. The molecule has 72 valence electrons. The summed E-state index contributed by atoms with van der Waals surface area (Å²) in [7, 11) is 0. The van der Waals surface area contributed by atoms with Gasteiger partial charge in [0, 0.05) is 0 Å². The van der Waals surface area contributed by atoms with Crippen molar-refractivity contribution in [2.45, 2.75) is 12.8 Å². The zero-order chi connectivity index (χ0) is 9.97. The highest BCUT2D eigenvalue weighted by atomic mass is 35.5. The molecule has 2 heterocycles. The van der Waals surface area contributed by atoms with Gasteiger partial charge in [-0.3, -0.25) is 0 Å². The Balaban J connectivity index is 2.34. The lowest BCUT2D eigenvalue weighted by Crippen LogP contribution is -1.97. The zero-order valence-electron chi connectivity index (χ0n) is 7.55.